The van der Waals surface area contributed by atoms with Crippen LogP contribution in [0.15, 0.2) is 10.1 Å². The molecule has 62 valence electrons. The third kappa shape index (κ3) is 1.65. The highest BCUT2D eigenvalue weighted by Gasteiger charge is 2.31. The average Bonchev–Trinajstić information content (AvgIpc) is 2.07. The fourth-order valence-electron chi connectivity index (χ4n) is 0.695. The second kappa shape index (κ2) is 3.25. The van der Waals surface area contributed by atoms with Crippen molar-refractivity contribution in [2.24, 2.45) is 0 Å². The molecular weight excluding hydrogens is 253 g/mol. The molecule has 1 aliphatic rings. The zero-order chi connectivity index (χ0) is 8.59. The van der Waals surface area contributed by atoms with Crippen molar-refractivity contribution in [2.75, 3.05) is 7.05 Å². The summed E-state index contributed by atoms with van der Waals surface area (Å²) in [4.78, 5) is 12.1. The lowest BCUT2D eigenvalue weighted by Crippen LogP contribution is -2.23. The second-order valence-electron chi connectivity index (χ2n) is 1.95. The lowest BCUT2D eigenvalue weighted by molar-refractivity contribution is -0.134. The van der Waals surface area contributed by atoms with E-state index in [1.807, 2.05) is 0 Å². The van der Waals surface area contributed by atoms with Gasteiger partial charge in [-0.3, -0.25) is 0 Å². The Morgan fingerprint density at radius 2 is 2.45 bits per heavy atom. The molecule has 1 N–H and O–H groups in total. The minimum absolute atomic E-state index is 0.0684. The lowest BCUT2D eigenvalue weighted by Gasteiger charge is -2.15. The number of thioether (sulfide) groups is 1. The van der Waals surface area contributed by atoms with Crippen molar-refractivity contribution >= 4 is 45.3 Å². The van der Waals surface area contributed by atoms with Crippen molar-refractivity contribution in [2.45, 2.75) is 4.28 Å². The molecule has 1 atom stereocenters. The van der Waals surface area contributed by atoms with Crippen molar-refractivity contribution in [3.05, 3.63) is 10.1 Å². The summed E-state index contributed by atoms with van der Waals surface area (Å²) >= 11 is 10.2. The maximum atomic E-state index is 10.5. The molecule has 0 bridgehead atoms. The van der Waals surface area contributed by atoms with Gasteiger partial charge in [0.15, 0.2) is 0 Å². The van der Waals surface area contributed by atoms with E-state index in [0.29, 0.717) is 4.36 Å². The zero-order valence-electron chi connectivity index (χ0n) is 5.54. The molecule has 1 aliphatic heterocycles. The molecule has 3 nitrogen and oxygen atoms in total. The Balaban J connectivity index is 2.91. The predicted molar refractivity (Wildman–Crippen MR) is 48.6 cm³/mol. The molecule has 0 fully saturated rings. The van der Waals surface area contributed by atoms with E-state index in [-0.39, 0.29) is 9.98 Å². The first-order chi connectivity index (χ1) is 5.04. The number of rotatable bonds is 1. The van der Waals surface area contributed by atoms with Gasteiger partial charge in [0.05, 0.1) is 0 Å². The van der Waals surface area contributed by atoms with Crippen molar-refractivity contribution < 1.29 is 9.90 Å². The van der Waals surface area contributed by atoms with Gasteiger partial charge in [0.25, 0.3) is 0 Å². The van der Waals surface area contributed by atoms with Crippen LogP contribution in [0.1, 0.15) is 0 Å². The zero-order valence-corrected chi connectivity index (χ0v) is 8.70. The van der Waals surface area contributed by atoms with E-state index >= 15 is 0 Å². The van der Waals surface area contributed by atoms with Gasteiger partial charge in [0.1, 0.15) is 14.3 Å². The molecule has 0 radical (unpaired) electrons. The van der Waals surface area contributed by atoms with Crippen molar-refractivity contribution in [1.82, 2.24) is 4.90 Å². The number of carboxylic acid groups (broad SMARTS) is 1. The largest absolute Gasteiger partial charge is 0.477 e. The molecular formula is C5H5BrClNO2S. The number of aliphatic carboxylic acids is 1. The van der Waals surface area contributed by atoms with Crippen LogP contribution in [0.3, 0.4) is 0 Å². The molecule has 6 heteroatoms. The minimum Gasteiger partial charge on any atom is -0.477 e. The highest BCUT2D eigenvalue weighted by molar-refractivity contribution is 9.11. The Bertz CT molecular complexity index is 233. The fourth-order valence-corrected chi connectivity index (χ4v) is 3.03. The molecule has 0 spiro atoms. The Kier molecular flexibility index (Phi) is 2.72. The third-order valence-electron chi connectivity index (χ3n) is 1.25. The SMILES string of the molecule is CN1C(C(=O)O)=C(Cl)SC1Br. The first-order valence-electron chi connectivity index (χ1n) is 2.70. The number of likely N-dealkylation sites (N-methyl/N-ethyl adjacent to an activating group) is 1. The van der Waals surface area contributed by atoms with Crippen molar-refractivity contribution in [3.63, 3.8) is 0 Å². The van der Waals surface area contributed by atoms with Crippen LogP contribution in [-0.4, -0.2) is 27.3 Å². The molecule has 1 heterocycles. The highest BCUT2D eigenvalue weighted by atomic mass is 79.9. The maximum absolute atomic E-state index is 10.5. The van der Waals surface area contributed by atoms with Crippen molar-refractivity contribution in [3.8, 4) is 0 Å². The standard InChI is InChI=1S/C5H5BrClNO2S/c1-8-2(4(9)10)3(7)11-5(8)6/h5H,1H3,(H,9,10). The van der Waals surface area contributed by atoms with E-state index in [1.165, 1.54) is 11.8 Å². The molecule has 0 aliphatic carbocycles. The van der Waals surface area contributed by atoms with E-state index < -0.39 is 5.97 Å². The quantitative estimate of drug-likeness (QED) is 0.575. The number of nitrogens with zero attached hydrogens (tertiary/aromatic N) is 1. The molecule has 0 aromatic rings. The van der Waals surface area contributed by atoms with Gasteiger partial charge in [0.2, 0.25) is 0 Å². The lowest BCUT2D eigenvalue weighted by atomic mass is 10.5. The monoisotopic (exact) mass is 257 g/mol. The first kappa shape index (κ1) is 9.22. The van der Waals surface area contributed by atoms with Crippen LogP contribution in [0, 0.1) is 0 Å². The van der Waals surface area contributed by atoms with Gasteiger partial charge in [-0.25, -0.2) is 4.79 Å². The summed E-state index contributed by atoms with van der Waals surface area (Å²) in [5, 5.41) is 8.65. The summed E-state index contributed by atoms with van der Waals surface area (Å²) in [6.07, 6.45) is 0. The molecule has 0 aromatic carbocycles. The molecule has 1 rings (SSSR count). The minimum atomic E-state index is -0.994. The first-order valence-corrected chi connectivity index (χ1v) is 4.88. The molecule has 1 unspecified atom stereocenters. The summed E-state index contributed by atoms with van der Waals surface area (Å²) in [6, 6.07) is 0. The molecule has 0 saturated carbocycles. The summed E-state index contributed by atoms with van der Waals surface area (Å²) < 4.78 is 0.253. The van der Waals surface area contributed by atoms with Crippen LogP contribution < -0.4 is 0 Å². The van der Waals surface area contributed by atoms with E-state index in [4.69, 9.17) is 16.7 Å². The maximum Gasteiger partial charge on any atom is 0.354 e. The van der Waals surface area contributed by atoms with Crippen LogP contribution >= 0.6 is 39.3 Å². The Morgan fingerprint density at radius 1 is 1.91 bits per heavy atom. The molecule has 11 heavy (non-hydrogen) atoms. The molecule has 0 amide bonds. The molecule has 0 aromatic heterocycles. The number of halogens is 2. The van der Waals surface area contributed by atoms with E-state index in [0.717, 1.165) is 0 Å². The van der Waals surface area contributed by atoms with Crippen molar-refractivity contribution in [1.29, 1.82) is 0 Å². The average molecular weight is 259 g/mol. The summed E-state index contributed by atoms with van der Waals surface area (Å²) in [5.41, 5.74) is 0.151. The van der Waals surface area contributed by atoms with Gasteiger partial charge in [-0.1, -0.05) is 39.3 Å². The van der Waals surface area contributed by atoms with Gasteiger partial charge in [-0.2, -0.15) is 0 Å². The Labute approximate surface area is 81.5 Å². The normalized spacial score (nSPS) is 24.6. The van der Waals surface area contributed by atoms with Crippen LogP contribution in [0.4, 0.5) is 0 Å². The number of carbonyl (C=O) groups is 1. The number of alkyl halides is 1. The summed E-state index contributed by atoms with van der Waals surface area (Å²) in [6.45, 7) is 0. The van der Waals surface area contributed by atoms with E-state index in [9.17, 15) is 4.79 Å². The third-order valence-corrected chi connectivity index (χ3v) is 3.78. The van der Waals surface area contributed by atoms with Crippen LogP contribution in [-0.2, 0) is 4.79 Å². The number of carboxylic acids is 1. The van der Waals surface area contributed by atoms with Gasteiger partial charge < -0.3 is 10.0 Å². The molecule has 0 saturated heterocycles. The van der Waals surface area contributed by atoms with Gasteiger partial charge in [-0.05, 0) is 0 Å². The number of hydrogen-bond donors (Lipinski definition) is 1. The summed E-state index contributed by atoms with van der Waals surface area (Å²) in [5.74, 6) is -0.994. The Morgan fingerprint density at radius 3 is 2.64 bits per heavy atom. The highest BCUT2D eigenvalue weighted by Crippen LogP contribution is 2.41. The topological polar surface area (TPSA) is 40.5 Å². The van der Waals surface area contributed by atoms with Crippen LogP contribution in [0.2, 0.25) is 0 Å². The number of hydrogen-bond acceptors (Lipinski definition) is 3. The van der Waals surface area contributed by atoms with Gasteiger partial charge >= 0.3 is 5.97 Å². The van der Waals surface area contributed by atoms with Gasteiger partial charge in [-0.15, -0.1) is 0 Å². The smallest absolute Gasteiger partial charge is 0.354 e. The predicted octanol–water partition coefficient (Wildman–Crippen LogP) is 1.84. The van der Waals surface area contributed by atoms with Crippen LogP contribution in [0.5, 0.6) is 0 Å². The Hall–Kier alpha value is 0.130. The van der Waals surface area contributed by atoms with Crippen LogP contribution in [0.25, 0.3) is 0 Å². The van der Waals surface area contributed by atoms with E-state index in [2.05, 4.69) is 15.9 Å². The van der Waals surface area contributed by atoms with E-state index in [1.54, 1.807) is 11.9 Å². The van der Waals surface area contributed by atoms with Gasteiger partial charge in [0, 0.05) is 7.05 Å². The summed E-state index contributed by atoms with van der Waals surface area (Å²) in [7, 11) is 1.67. The fraction of sp³-hybridized carbons (Fsp3) is 0.400. The second-order valence-corrected chi connectivity index (χ2v) is 5.11.